The molecule has 17 heavy (non-hydrogen) atoms. The second-order valence-electron chi connectivity index (χ2n) is 3.93. The van der Waals surface area contributed by atoms with Gasteiger partial charge in [-0.1, -0.05) is 33.1 Å². The Bertz CT molecular complexity index is 359. The van der Waals surface area contributed by atoms with Gasteiger partial charge in [0, 0.05) is 17.4 Å². The fourth-order valence-electron chi connectivity index (χ4n) is 1.60. The van der Waals surface area contributed by atoms with Gasteiger partial charge in [0.25, 0.3) is 5.91 Å². The minimum Gasteiger partial charge on any atom is -0.379 e. The van der Waals surface area contributed by atoms with Crippen LogP contribution in [0.5, 0.6) is 0 Å². The summed E-state index contributed by atoms with van der Waals surface area (Å²) in [5.74, 6) is -0.0424. The van der Waals surface area contributed by atoms with Crippen molar-refractivity contribution in [2.75, 3.05) is 25.1 Å². The highest BCUT2D eigenvalue weighted by molar-refractivity contribution is 9.09. The molecule has 3 nitrogen and oxygen atoms in total. The lowest BCUT2D eigenvalue weighted by molar-refractivity contribution is 0.0924. The summed E-state index contributed by atoms with van der Waals surface area (Å²) in [7, 11) is 0. The van der Waals surface area contributed by atoms with Crippen LogP contribution in [0.2, 0.25) is 0 Å². The van der Waals surface area contributed by atoms with Gasteiger partial charge in [0.1, 0.15) is 0 Å². The molecule has 0 spiro atoms. The molecule has 0 heterocycles. The monoisotopic (exact) mass is 299 g/mol. The third kappa shape index (κ3) is 5.33. The average molecular weight is 300 g/mol. The number of amides is 1. The largest absolute Gasteiger partial charge is 0.379 e. The molecule has 0 aromatic heterocycles. The lowest BCUT2D eigenvalue weighted by atomic mass is 10.1. The van der Waals surface area contributed by atoms with Crippen molar-refractivity contribution in [3.05, 3.63) is 34.9 Å². The van der Waals surface area contributed by atoms with Crippen molar-refractivity contribution in [3.63, 3.8) is 0 Å². The minimum absolute atomic E-state index is 0.0424. The molecule has 0 aliphatic heterocycles. The molecule has 0 radical (unpaired) electrons. The third-order valence-electron chi connectivity index (χ3n) is 2.24. The van der Waals surface area contributed by atoms with Crippen LogP contribution < -0.4 is 5.32 Å². The Hall–Kier alpha value is -0.870. The molecule has 1 aromatic carbocycles. The second-order valence-corrected chi connectivity index (χ2v) is 4.73. The first-order valence-electron chi connectivity index (χ1n) is 5.63. The topological polar surface area (TPSA) is 38.3 Å². The van der Waals surface area contributed by atoms with Crippen LogP contribution in [0, 0.1) is 13.8 Å². The molecule has 1 aromatic rings. The Morgan fingerprint density at radius 3 is 2.47 bits per heavy atom. The van der Waals surface area contributed by atoms with E-state index < -0.39 is 0 Å². The van der Waals surface area contributed by atoms with E-state index in [4.69, 9.17) is 4.74 Å². The molecule has 0 unspecified atom stereocenters. The summed E-state index contributed by atoms with van der Waals surface area (Å²) in [6, 6.07) is 5.83. The molecule has 0 bridgehead atoms. The van der Waals surface area contributed by atoms with Crippen LogP contribution in [0.1, 0.15) is 21.5 Å². The van der Waals surface area contributed by atoms with Gasteiger partial charge in [-0.05, 0) is 26.0 Å². The highest BCUT2D eigenvalue weighted by Gasteiger charge is 2.05. The normalized spacial score (nSPS) is 10.3. The zero-order chi connectivity index (χ0) is 12.7. The summed E-state index contributed by atoms with van der Waals surface area (Å²) in [4.78, 5) is 11.8. The Morgan fingerprint density at radius 2 is 1.88 bits per heavy atom. The van der Waals surface area contributed by atoms with Crippen LogP contribution in [0.15, 0.2) is 18.2 Å². The number of alkyl halides is 1. The molecule has 94 valence electrons. The molecule has 1 rings (SSSR count). The van der Waals surface area contributed by atoms with Crippen LogP contribution in [0.4, 0.5) is 0 Å². The van der Waals surface area contributed by atoms with E-state index in [9.17, 15) is 4.79 Å². The number of carbonyl (C=O) groups is 1. The molecule has 0 aliphatic carbocycles. The summed E-state index contributed by atoms with van der Waals surface area (Å²) in [5, 5.41) is 3.65. The molecule has 1 N–H and O–H groups in total. The molecule has 0 saturated carbocycles. The van der Waals surface area contributed by atoms with Crippen LogP contribution in [-0.4, -0.2) is 31.0 Å². The highest BCUT2D eigenvalue weighted by Crippen LogP contribution is 2.08. The van der Waals surface area contributed by atoms with Gasteiger partial charge in [0.2, 0.25) is 0 Å². The second kappa shape index (κ2) is 7.45. The first kappa shape index (κ1) is 14.2. The summed E-state index contributed by atoms with van der Waals surface area (Å²) < 4.78 is 5.25. The van der Waals surface area contributed by atoms with Gasteiger partial charge in [-0.3, -0.25) is 4.79 Å². The number of hydrogen-bond donors (Lipinski definition) is 1. The van der Waals surface area contributed by atoms with Crippen LogP contribution >= 0.6 is 15.9 Å². The van der Waals surface area contributed by atoms with Gasteiger partial charge in [0.15, 0.2) is 0 Å². The minimum atomic E-state index is -0.0424. The van der Waals surface area contributed by atoms with E-state index in [1.54, 1.807) is 0 Å². The molecule has 0 aliphatic rings. The maximum absolute atomic E-state index is 11.8. The smallest absolute Gasteiger partial charge is 0.251 e. The maximum atomic E-state index is 11.8. The molecule has 1 amide bonds. The summed E-state index contributed by atoms with van der Waals surface area (Å²) >= 11 is 3.27. The zero-order valence-electron chi connectivity index (χ0n) is 10.3. The molecule has 0 fully saturated rings. The first-order chi connectivity index (χ1) is 8.13. The van der Waals surface area contributed by atoms with E-state index in [-0.39, 0.29) is 5.91 Å². The van der Waals surface area contributed by atoms with Crippen LogP contribution in [0.3, 0.4) is 0 Å². The van der Waals surface area contributed by atoms with E-state index >= 15 is 0 Å². The molecule has 0 saturated heterocycles. The van der Waals surface area contributed by atoms with Crippen molar-refractivity contribution in [3.8, 4) is 0 Å². The van der Waals surface area contributed by atoms with Crippen molar-refractivity contribution in [1.82, 2.24) is 5.32 Å². The molecule has 4 heteroatoms. The Kier molecular flexibility index (Phi) is 6.22. The number of ether oxygens (including phenoxy) is 1. The lowest BCUT2D eigenvalue weighted by Crippen LogP contribution is -2.27. The number of rotatable bonds is 6. The van der Waals surface area contributed by atoms with Gasteiger partial charge in [-0.2, -0.15) is 0 Å². The molecular formula is C13H18BrNO2. The summed E-state index contributed by atoms with van der Waals surface area (Å²) in [5.41, 5.74) is 2.92. The number of hydrogen-bond acceptors (Lipinski definition) is 2. The predicted octanol–water partition coefficient (Wildman–Crippen LogP) is 2.44. The van der Waals surface area contributed by atoms with Gasteiger partial charge in [0.05, 0.1) is 13.2 Å². The summed E-state index contributed by atoms with van der Waals surface area (Å²) in [6.45, 7) is 5.73. The van der Waals surface area contributed by atoms with E-state index in [1.165, 1.54) is 0 Å². The van der Waals surface area contributed by atoms with E-state index in [0.717, 1.165) is 16.5 Å². The van der Waals surface area contributed by atoms with E-state index in [1.807, 2.05) is 26.0 Å². The fraction of sp³-hybridized carbons (Fsp3) is 0.462. The van der Waals surface area contributed by atoms with Gasteiger partial charge >= 0.3 is 0 Å². The molecular weight excluding hydrogens is 282 g/mol. The number of benzene rings is 1. The number of aryl methyl sites for hydroxylation is 2. The Balaban J connectivity index is 2.41. The zero-order valence-corrected chi connectivity index (χ0v) is 11.8. The first-order valence-corrected chi connectivity index (χ1v) is 6.76. The fourth-order valence-corrected chi connectivity index (χ4v) is 1.83. The van der Waals surface area contributed by atoms with Crippen molar-refractivity contribution in [2.24, 2.45) is 0 Å². The molecule has 0 atom stereocenters. The average Bonchev–Trinajstić information content (AvgIpc) is 2.27. The summed E-state index contributed by atoms with van der Waals surface area (Å²) in [6.07, 6.45) is 0. The Morgan fingerprint density at radius 1 is 1.24 bits per heavy atom. The van der Waals surface area contributed by atoms with Crippen molar-refractivity contribution < 1.29 is 9.53 Å². The van der Waals surface area contributed by atoms with Gasteiger partial charge in [-0.15, -0.1) is 0 Å². The predicted molar refractivity (Wildman–Crippen MR) is 72.9 cm³/mol. The van der Waals surface area contributed by atoms with Gasteiger partial charge in [-0.25, -0.2) is 0 Å². The number of halogens is 1. The quantitative estimate of drug-likeness (QED) is 0.647. The number of nitrogens with one attached hydrogen (secondary N) is 1. The van der Waals surface area contributed by atoms with Crippen molar-refractivity contribution >= 4 is 21.8 Å². The Labute approximate surface area is 111 Å². The van der Waals surface area contributed by atoms with E-state index in [0.29, 0.717) is 25.3 Å². The van der Waals surface area contributed by atoms with Crippen molar-refractivity contribution in [1.29, 1.82) is 0 Å². The van der Waals surface area contributed by atoms with Crippen LogP contribution in [0.25, 0.3) is 0 Å². The SMILES string of the molecule is Cc1cc(C)cc(C(=O)NCCOCCBr)c1. The van der Waals surface area contributed by atoms with E-state index in [2.05, 4.69) is 27.3 Å². The van der Waals surface area contributed by atoms with Gasteiger partial charge < -0.3 is 10.1 Å². The third-order valence-corrected chi connectivity index (χ3v) is 2.56. The lowest BCUT2D eigenvalue weighted by Gasteiger charge is -2.07. The maximum Gasteiger partial charge on any atom is 0.251 e. The van der Waals surface area contributed by atoms with Crippen LogP contribution in [-0.2, 0) is 4.74 Å². The highest BCUT2D eigenvalue weighted by atomic mass is 79.9. The van der Waals surface area contributed by atoms with Crippen molar-refractivity contribution in [2.45, 2.75) is 13.8 Å². The standard InChI is InChI=1S/C13H18BrNO2/c1-10-7-11(2)9-12(8-10)13(16)15-4-6-17-5-3-14/h7-9H,3-6H2,1-2H3,(H,15,16). The number of carbonyl (C=O) groups excluding carboxylic acids is 1.